The SMILES string of the molecule is [CH-]1CC1.[CH-]1CC1.[Ti+2]. The van der Waals surface area contributed by atoms with E-state index in [1.165, 1.54) is 25.7 Å². The summed E-state index contributed by atoms with van der Waals surface area (Å²) in [4.78, 5) is 0. The summed E-state index contributed by atoms with van der Waals surface area (Å²) < 4.78 is 0. The van der Waals surface area contributed by atoms with Crippen molar-refractivity contribution in [1.29, 1.82) is 0 Å². The first-order chi connectivity index (χ1) is 3.00. The van der Waals surface area contributed by atoms with Gasteiger partial charge in [-0.05, 0) is 0 Å². The average molecular weight is 130 g/mol. The van der Waals surface area contributed by atoms with E-state index in [0.29, 0.717) is 0 Å². The molecule has 0 aromatic heterocycles. The zero-order valence-corrected chi connectivity index (χ0v) is 6.04. The Bertz CT molecular complexity index is 19.7. The first-order valence-corrected chi connectivity index (χ1v) is 2.63. The summed E-state index contributed by atoms with van der Waals surface area (Å²) in [6.07, 6.45) is 10.0. The quantitative estimate of drug-likeness (QED) is 0.347. The van der Waals surface area contributed by atoms with E-state index in [-0.39, 0.29) is 21.7 Å². The van der Waals surface area contributed by atoms with Crippen molar-refractivity contribution >= 4 is 0 Å². The summed E-state index contributed by atoms with van der Waals surface area (Å²) in [5, 5.41) is 0. The van der Waals surface area contributed by atoms with Gasteiger partial charge in [0.05, 0.1) is 0 Å². The van der Waals surface area contributed by atoms with Crippen LogP contribution in [0.2, 0.25) is 0 Å². The summed E-state index contributed by atoms with van der Waals surface area (Å²) in [5.74, 6) is 0. The standard InChI is InChI=1S/2C3H5.Ti/c2*1-2-3-1;/h2*1H,2-3H2;/q2*-1;+2. The molecule has 38 valence electrons. The average Bonchev–Trinajstić information content (AvgIpc) is 2.31. The molecule has 2 aliphatic rings. The molecule has 7 heavy (non-hydrogen) atoms. The van der Waals surface area contributed by atoms with E-state index in [1.54, 1.807) is 0 Å². The van der Waals surface area contributed by atoms with Gasteiger partial charge in [-0.2, -0.15) is 0 Å². The predicted octanol–water partition coefficient (Wildman–Crippen LogP) is 1.97. The fraction of sp³-hybridized carbons (Fsp3) is 0.667. The topological polar surface area (TPSA) is 0 Å². The van der Waals surface area contributed by atoms with Crippen LogP contribution in [0.5, 0.6) is 0 Å². The van der Waals surface area contributed by atoms with Crippen LogP contribution in [0, 0.1) is 12.8 Å². The largest absolute Gasteiger partial charge is 2.00 e. The van der Waals surface area contributed by atoms with Crippen molar-refractivity contribution in [3.8, 4) is 0 Å². The molecule has 2 rings (SSSR count). The first kappa shape index (κ1) is 7.71. The van der Waals surface area contributed by atoms with Gasteiger partial charge < -0.3 is 12.8 Å². The van der Waals surface area contributed by atoms with Gasteiger partial charge in [-0.15, -0.1) is 0 Å². The maximum absolute atomic E-state index is 2.25. The molecule has 0 spiro atoms. The molecule has 0 amide bonds. The Balaban J connectivity index is 0.0000000900. The van der Waals surface area contributed by atoms with Crippen molar-refractivity contribution in [1.82, 2.24) is 0 Å². The molecule has 2 fully saturated rings. The van der Waals surface area contributed by atoms with Crippen molar-refractivity contribution in [3.63, 3.8) is 0 Å². The minimum atomic E-state index is 0. The van der Waals surface area contributed by atoms with Crippen molar-refractivity contribution in [2.45, 2.75) is 25.7 Å². The normalized spacial score (nSPS) is 20.6. The third-order valence-corrected chi connectivity index (χ3v) is 0.577. The van der Waals surface area contributed by atoms with Gasteiger partial charge in [0.25, 0.3) is 0 Å². The molecule has 0 aliphatic heterocycles. The molecule has 0 aromatic carbocycles. The van der Waals surface area contributed by atoms with E-state index in [4.69, 9.17) is 0 Å². The number of hydrogen-bond donors (Lipinski definition) is 0. The number of rotatable bonds is 0. The van der Waals surface area contributed by atoms with Gasteiger partial charge >= 0.3 is 21.7 Å². The van der Waals surface area contributed by atoms with Gasteiger partial charge in [0.2, 0.25) is 0 Å². The van der Waals surface area contributed by atoms with Gasteiger partial charge in [0.15, 0.2) is 0 Å². The van der Waals surface area contributed by atoms with E-state index in [2.05, 4.69) is 12.8 Å². The molecule has 2 saturated carbocycles. The van der Waals surface area contributed by atoms with Crippen LogP contribution in [-0.4, -0.2) is 0 Å². The monoisotopic (exact) mass is 130 g/mol. The van der Waals surface area contributed by atoms with E-state index in [1.807, 2.05) is 0 Å². The van der Waals surface area contributed by atoms with E-state index in [0.717, 1.165) is 0 Å². The summed E-state index contributed by atoms with van der Waals surface area (Å²) >= 11 is 0. The third kappa shape index (κ3) is 20.3. The van der Waals surface area contributed by atoms with E-state index >= 15 is 0 Å². The molecule has 0 nitrogen and oxygen atoms in total. The second-order valence-corrected chi connectivity index (χ2v) is 1.73. The third-order valence-electron chi connectivity index (χ3n) is 0.577. The van der Waals surface area contributed by atoms with Gasteiger partial charge in [0, 0.05) is 0 Å². The summed E-state index contributed by atoms with van der Waals surface area (Å²) in [5.41, 5.74) is 0. The van der Waals surface area contributed by atoms with Crippen LogP contribution in [0.15, 0.2) is 0 Å². The molecular weight excluding hydrogens is 120 g/mol. The van der Waals surface area contributed by atoms with Crippen LogP contribution in [0.25, 0.3) is 0 Å². The van der Waals surface area contributed by atoms with E-state index in [9.17, 15) is 0 Å². The van der Waals surface area contributed by atoms with Gasteiger partial charge in [-0.25, -0.2) is 25.7 Å². The molecule has 2 aliphatic carbocycles. The van der Waals surface area contributed by atoms with E-state index < -0.39 is 0 Å². The Hall–Kier alpha value is 0.714. The maximum Gasteiger partial charge on any atom is 2.00 e. The summed E-state index contributed by atoms with van der Waals surface area (Å²) in [6, 6.07) is 0. The van der Waals surface area contributed by atoms with Crippen molar-refractivity contribution in [2.75, 3.05) is 0 Å². The second-order valence-electron chi connectivity index (χ2n) is 1.73. The Labute approximate surface area is 60.6 Å². The summed E-state index contributed by atoms with van der Waals surface area (Å²) in [7, 11) is 0. The minimum Gasteiger partial charge on any atom is -0.333 e. The molecule has 0 radical (unpaired) electrons. The van der Waals surface area contributed by atoms with Gasteiger partial charge in [-0.1, -0.05) is 0 Å². The molecule has 0 saturated heterocycles. The fourth-order valence-electron chi connectivity index (χ4n) is 0. The zero-order valence-electron chi connectivity index (χ0n) is 4.48. The molecule has 0 N–H and O–H groups in total. The van der Waals surface area contributed by atoms with Gasteiger partial charge in [-0.3, -0.25) is 0 Å². The molecule has 1 heteroatoms. The maximum atomic E-state index is 2.25. The molecule has 0 aromatic rings. The Morgan fingerprint density at radius 2 is 0.857 bits per heavy atom. The van der Waals surface area contributed by atoms with Crippen LogP contribution in [-0.2, 0) is 21.7 Å². The first-order valence-electron chi connectivity index (χ1n) is 2.63. The fourth-order valence-corrected chi connectivity index (χ4v) is 0. The number of hydrogen-bond acceptors (Lipinski definition) is 0. The predicted molar refractivity (Wildman–Crippen MR) is 27.1 cm³/mol. The Kier molecular flexibility index (Phi) is 5.36. The van der Waals surface area contributed by atoms with Crippen LogP contribution in [0.3, 0.4) is 0 Å². The molecule has 0 atom stereocenters. The van der Waals surface area contributed by atoms with Crippen LogP contribution in [0.4, 0.5) is 0 Å². The van der Waals surface area contributed by atoms with Crippen LogP contribution < -0.4 is 0 Å². The molecule has 0 heterocycles. The Morgan fingerprint density at radius 1 is 0.714 bits per heavy atom. The molecule has 0 unspecified atom stereocenters. The zero-order chi connectivity index (χ0) is 4.24. The molecular formula is C6H10Ti. The smallest absolute Gasteiger partial charge is 0.333 e. The Morgan fingerprint density at radius 3 is 0.857 bits per heavy atom. The van der Waals surface area contributed by atoms with Crippen LogP contribution in [0.1, 0.15) is 25.7 Å². The minimum absolute atomic E-state index is 0. The van der Waals surface area contributed by atoms with Crippen molar-refractivity contribution in [2.24, 2.45) is 0 Å². The van der Waals surface area contributed by atoms with Crippen molar-refractivity contribution < 1.29 is 21.7 Å². The summed E-state index contributed by atoms with van der Waals surface area (Å²) in [6.45, 7) is 0. The van der Waals surface area contributed by atoms with Crippen LogP contribution >= 0.6 is 0 Å². The van der Waals surface area contributed by atoms with Gasteiger partial charge in [0.1, 0.15) is 0 Å². The molecule has 0 bridgehead atoms. The van der Waals surface area contributed by atoms with Crippen molar-refractivity contribution in [3.05, 3.63) is 12.8 Å². The second kappa shape index (κ2) is 4.86.